The Bertz CT molecular complexity index is 1150. The molecule has 1 aliphatic carbocycles. The van der Waals surface area contributed by atoms with Crippen LogP contribution in [0.4, 0.5) is 22.0 Å². The molecule has 1 saturated heterocycles. The first kappa shape index (κ1) is 23.8. The number of halogens is 5. The highest BCUT2D eigenvalue weighted by Gasteiger charge is 2.35. The van der Waals surface area contributed by atoms with Crippen molar-refractivity contribution in [3.05, 3.63) is 89.2 Å². The molecule has 2 aliphatic rings. The number of rotatable bonds is 6. The lowest BCUT2D eigenvalue weighted by Crippen LogP contribution is -2.35. The van der Waals surface area contributed by atoms with E-state index in [0.29, 0.717) is 42.7 Å². The first-order valence-electron chi connectivity index (χ1n) is 11.5. The lowest BCUT2D eigenvalue weighted by atomic mass is 9.76. The number of benzene rings is 3. The Labute approximate surface area is 199 Å². The van der Waals surface area contributed by atoms with E-state index in [1.807, 2.05) is 24.3 Å². The minimum absolute atomic E-state index is 0.371. The Morgan fingerprint density at radius 1 is 0.743 bits per heavy atom. The smallest absolute Gasteiger partial charge is 0.426 e. The molecule has 3 aromatic rings. The van der Waals surface area contributed by atoms with Crippen molar-refractivity contribution >= 4 is 0 Å². The summed E-state index contributed by atoms with van der Waals surface area (Å²) in [5, 5.41) is 0. The molecule has 0 atom stereocenters. The zero-order chi connectivity index (χ0) is 24.6. The van der Waals surface area contributed by atoms with Gasteiger partial charge in [-0.2, -0.15) is 8.78 Å². The van der Waals surface area contributed by atoms with Crippen LogP contribution >= 0.6 is 0 Å². The van der Waals surface area contributed by atoms with E-state index in [4.69, 9.17) is 9.47 Å². The molecule has 5 rings (SSSR count). The van der Waals surface area contributed by atoms with Crippen molar-refractivity contribution in [3.63, 3.8) is 0 Å². The van der Waals surface area contributed by atoms with Crippen molar-refractivity contribution in [2.45, 2.75) is 31.7 Å². The largest absolute Gasteiger partial charge is 0.429 e. The summed E-state index contributed by atoms with van der Waals surface area (Å²) < 4.78 is 85.0. The van der Waals surface area contributed by atoms with Crippen LogP contribution in [0.25, 0.3) is 11.1 Å². The van der Waals surface area contributed by atoms with Crippen LogP contribution < -0.4 is 4.74 Å². The van der Waals surface area contributed by atoms with Crippen LogP contribution in [0.3, 0.4) is 0 Å². The third kappa shape index (κ3) is 5.04. The average molecular weight is 490 g/mol. The Morgan fingerprint density at radius 2 is 1.29 bits per heavy atom. The molecule has 1 saturated carbocycles. The van der Waals surface area contributed by atoms with Gasteiger partial charge in [-0.3, -0.25) is 0 Å². The van der Waals surface area contributed by atoms with Crippen molar-refractivity contribution in [3.8, 4) is 16.9 Å². The molecule has 0 radical (unpaired) electrons. The maximum atomic E-state index is 14.5. The quantitative estimate of drug-likeness (QED) is 0.267. The van der Waals surface area contributed by atoms with Gasteiger partial charge in [-0.05, 0) is 29.2 Å². The molecule has 2 fully saturated rings. The van der Waals surface area contributed by atoms with Gasteiger partial charge in [0.1, 0.15) is 5.75 Å². The highest BCUT2D eigenvalue weighted by atomic mass is 19.3. The minimum atomic E-state index is -3.88. The molecule has 0 bridgehead atoms. The Kier molecular flexibility index (Phi) is 6.51. The van der Waals surface area contributed by atoms with Gasteiger partial charge < -0.3 is 14.2 Å². The molecule has 0 unspecified atom stereocenters. The Hall–Kier alpha value is -2.97. The molecule has 0 spiro atoms. The van der Waals surface area contributed by atoms with Crippen LogP contribution in [0.1, 0.15) is 36.7 Å². The zero-order valence-electron chi connectivity index (χ0n) is 18.7. The summed E-state index contributed by atoms with van der Waals surface area (Å²) in [5.74, 6) is -4.64. The normalized spacial score (nSPS) is 20.9. The van der Waals surface area contributed by atoms with Gasteiger partial charge in [0, 0.05) is 23.6 Å². The highest BCUT2D eigenvalue weighted by molar-refractivity contribution is 5.64. The molecule has 1 aliphatic heterocycles. The summed E-state index contributed by atoms with van der Waals surface area (Å²) in [5.41, 5.74) is 1.85. The van der Waals surface area contributed by atoms with Gasteiger partial charge >= 0.3 is 6.11 Å². The second-order valence-electron chi connectivity index (χ2n) is 8.97. The molecule has 1 heterocycles. The maximum absolute atomic E-state index is 14.5. The van der Waals surface area contributed by atoms with E-state index < -0.39 is 41.2 Å². The molecule has 3 nitrogen and oxygen atoms in total. The summed E-state index contributed by atoms with van der Waals surface area (Å²) in [7, 11) is 0. The molecular formula is C27H23F5O3. The fourth-order valence-electron chi connectivity index (χ4n) is 4.38. The monoisotopic (exact) mass is 490 g/mol. The second-order valence-corrected chi connectivity index (χ2v) is 8.97. The van der Waals surface area contributed by atoms with Crippen LogP contribution in [-0.4, -0.2) is 13.2 Å². The van der Waals surface area contributed by atoms with Crippen LogP contribution in [0.2, 0.25) is 0 Å². The predicted molar refractivity (Wildman–Crippen MR) is 118 cm³/mol. The van der Waals surface area contributed by atoms with Crippen molar-refractivity contribution in [1.82, 2.24) is 0 Å². The van der Waals surface area contributed by atoms with Crippen LogP contribution in [0.15, 0.2) is 60.7 Å². The third-order valence-electron chi connectivity index (χ3n) is 6.68. The molecule has 184 valence electrons. The standard InChI is InChI=1S/C27H23F5O3/c28-23-12-22(13-24(29)25(23)30)35-27(31,32)21-10-8-18(9-11-21)17-4-6-19(7-5-17)26-33-14-20(15-34-26)16-2-1-3-16/h4-13,16,20,26H,1-3,14-15H2. The molecule has 0 N–H and O–H groups in total. The topological polar surface area (TPSA) is 27.7 Å². The van der Waals surface area contributed by atoms with Crippen LogP contribution in [0, 0.1) is 29.3 Å². The predicted octanol–water partition coefficient (Wildman–Crippen LogP) is 7.36. The molecule has 8 heteroatoms. The van der Waals surface area contributed by atoms with Gasteiger partial charge in [-0.25, -0.2) is 13.2 Å². The van der Waals surface area contributed by atoms with Gasteiger partial charge in [-0.1, -0.05) is 55.7 Å². The molecule has 35 heavy (non-hydrogen) atoms. The number of hydrogen-bond donors (Lipinski definition) is 0. The Morgan fingerprint density at radius 3 is 1.80 bits per heavy atom. The summed E-state index contributed by atoms with van der Waals surface area (Å²) in [4.78, 5) is 0. The van der Waals surface area contributed by atoms with Gasteiger partial charge in [0.15, 0.2) is 23.7 Å². The van der Waals surface area contributed by atoms with Crippen molar-refractivity contribution in [2.24, 2.45) is 11.8 Å². The van der Waals surface area contributed by atoms with Crippen LogP contribution in [0.5, 0.6) is 5.75 Å². The number of hydrogen-bond acceptors (Lipinski definition) is 3. The van der Waals surface area contributed by atoms with Gasteiger partial charge in [0.25, 0.3) is 0 Å². The summed E-state index contributed by atoms with van der Waals surface area (Å²) in [6.45, 7) is 1.37. The summed E-state index contributed by atoms with van der Waals surface area (Å²) >= 11 is 0. The third-order valence-corrected chi connectivity index (χ3v) is 6.68. The van der Waals surface area contributed by atoms with Crippen molar-refractivity contribution in [2.75, 3.05) is 13.2 Å². The fraction of sp³-hybridized carbons (Fsp3) is 0.333. The summed E-state index contributed by atoms with van der Waals surface area (Å²) in [6, 6.07) is 13.5. The molecule has 0 aromatic heterocycles. The molecule has 0 amide bonds. The number of ether oxygens (including phenoxy) is 3. The minimum Gasteiger partial charge on any atom is -0.429 e. The maximum Gasteiger partial charge on any atom is 0.426 e. The van der Waals surface area contributed by atoms with Gasteiger partial charge in [-0.15, -0.1) is 0 Å². The van der Waals surface area contributed by atoms with E-state index in [9.17, 15) is 22.0 Å². The zero-order valence-corrected chi connectivity index (χ0v) is 18.7. The fourth-order valence-corrected chi connectivity index (χ4v) is 4.38. The SMILES string of the molecule is Fc1cc(OC(F)(F)c2ccc(-c3ccc(C4OCC(C5CCC5)CO4)cc3)cc2)cc(F)c1F. The lowest BCUT2D eigenvalue weighted by Gasteiger charge is -2.38. The number of alkyl halides is 2. The van der Waals surface area contributed by atoms with Crippen molar-refractivity contribution in [1.29, 1.82) is 0 Å². The Balaban J connectivity index is 1.23. The molecule has 3 aromatic carbocycles. The molecular weight excluding hydrogens is 467 g/mol. The van der Waals surface area contributed by atoms with E-state index in [1.54, 1.807) is 0 Å². The van der Waals surface area contributed by atoms with E-state index in [0.717, 1.165) is 23.3 Å². The van der Waals surface area contributed by atoms with Gasteiger partial charge in [0.2, 0.25) is 0 Å². The average Bonchev–Trinajstić information content (AvgIpc) is 2.82. The van der Waals surface area contributed by atoms with Crippen molar-refractivity contribution < 1.29 is 36.2 Å². The van der Waals surface area contributed by atoms with E-state index in [2.05, 4.69) is 4.74 Å². The first-order valence-corrected chi connectivity index (χ1v) is 11.5. The van der Waals surface area contributed by atoms with E-state index in [-0.39, 0.29) is 0 Å². The first-order chi connectivity index (χ1) is 16.8. The van der Waals surface area contributed by atoms with Crippen LogP contribution in [-0.2, 0) is 15.6 Å². The van der Waals surface area contributed by atoms with E-state index in [1.165, 1.54) is 31.4 Å². The van der Waals surface area contributed by atoms with Gasteiger partial charge in [0.05, 0.1) is 18.8 Å². The second kappa shape index (κ2) is 9.59. The lowest BCUT2D eigenvalue weighted by molar-refractivity contribution is -0.216. The van der Waals surface area contributed by atoms with E-state index >= 15 is 0 Å². The summed E-state index contributed by atoms with van der Waals surface area (Å²) in [6.07, 6.45) is -0.522. The highest BCUT2D eigenvalue weighted by Crippen LogP contribution is 2.38.